The van der Waals surface area contributed by atoms with Crippen LogP contribution in [0.4, 0.5) is 4.39 Å². The number of hydrogen-bond acceptors (Lipinski definition) is 3. The minimum Gasteiger partial charge on any atom is -0.348 e. The first-order valence-corrected chi connectivity index (χ1v) is 10.0. The van der Waals surface area contributed by atoms with Crippen molar-refractivity contribution in [3.63, 3.8) is 0 Å². The van der Waals surface area contributed by atoms with Gasteiger partial charge in [-0.05, 0) is 48.7 Å². The number of piperidine rings is 1. The first-order chi connectivity index (χ1) is 12.5. The van der Waals surface area contributed by atoms with Crippen molar-refractivity contribution in [2.24, 2.45) is 0 Å². The molecule has 0 aliphatic carbocycles. The minimum absolute atomic E-state index is 0.133. The third kappa shape index (κ3) is 4.28. The van der Waals surface area contributed by atoms with Crippen LogP contribution in [0.25, 0.3) is 0 Å². The fraction of sp³-hybridized carbons (Fsp3) is 0.316. The number of nitrogens with zero attached hydrogens (tertiary/aromatic N) is 1. The number of hydrogen-bond donors (Lipinski definition) is 1. The van der Waals surface area contributed by atoms with Gasteiger partial charge in [0.25, 0.3) is 5.91 Å². The van der Waals surface area contributed by atoms with Crippen molar-refractivity contribution in [1.29, 1.82) is 0 Å². The van der Waals surface area contributed by atoms with Gasteiger partial charge in [0.05, 0.1) is 4.90 Å². The third-order valence-electron chi connectivity index (χ3n) is 4.42. The molecule has 0 spiro atoms. The molecule has 1 fully saturated rings. The predicted octanol–water partition coefficient (Wildman–Crippen LogP) is 2.93. The third-order valence-corrected chi connectivity index (χ3v) is 6.31. The molecule has 2 aromatic rings. The van der Waals surface area contributed by atoms with Crippen molar-refractivity contribution in [3.8, 4) is 0 Å². The summed E-state index contributed by atoms with van der Waals surface area (Å²) in [5.74, 6) is -0.708. The van der Waals surface area contributed by atoms with E-state index >= 15 is 0 Å². The standard InChI is InChI=1S/C19H21FN2O3S/c20-17-9-7-15(8-10-17)14-21-19(23)16-5-4-6-18(13-16)26(24,25)22-11-2-1-3-12-22/h4-10,13H,1-3,11-12,14H2,(H,21,23). The van der Waals surface area contributed by atoms with Gasteiger partial charge in [-0.15, -0.1) is 0 Å². The Kier molecular flexibility index (Phi) is 5.68. The molecule has 2 aromatic carbocycles. The maximum Gasteiger partial charge on any atom is 0.251 e. The fourth-order valence-corrected chi connectivity index (χ4v) is 4.50. The summed E-state index contributed by atoms with van der Waals surface area (Å²) in [6.07, 6.45) is 2.76. The van der Waals surface area contributed by atoms with E-state index in [1.54, 1.807) is 24.3 Å². The van der Waals surface area contributed by atoms with Crippen LogP contribution in [0.1, 0.15) is 35.2 Å². The molecule has 1 saturated heterocycles. The largest absolute Gasteiger partial charge is 0.348 e. The Morgan fingerprint density at radius 1 is 1.04 bits per heavy atom. The highest BCUT2D eigenvalue weighted by molar-refractivity contribution is 7.89. The summed E-state index contributed by atoms with van der Waals surface area (Å²) in [6.45, 7) is 1.27. The monoisotopic (exact) mass is 376 g/mol. The summed E-state index contributed by atoms with van der Waals surface area (Å²) in [7, 11) is -3.58. The van der Waals surface area contributed by atoms with Gasteiger partial charge < -0.3 is 5.32 Å². The molecule has 0 atom stereocenters. The van der Waals surface area contributed by atoms with E-state index in [1.165, 1.54) is 28.6 Å². The number of carbonyl (C=O) groups is 1. The van der Waals surface area contributed by atoms with Gasteiger partial charge in [0.2, 0.25) is 10.0 Å². The summed E-state index contributed by atoms with van der Waals surface area (Å²) in [4.78, 5) is 12.5. The lowest BCUT2D eigenvalue weighted by atomic mass is 10.2. The lowest BCUT2D eigenvalue weighted by Crippen LogP contribution is -2.35. The topological polar surface area (TPSA) is 66.5 Å². The number of benzene rings is 2. The Bertz CT molecular complexity index is 876. The van der Waals surface area contributed by atoms with Gasteiger partial charge >= 0.3 is 0 Å². The van der Waals surface area contributed by atoms with Crippen molar-refractivity contribution < 1.29 is 17.6 Å². The molecule has 0 bridgehead atoms. The maximum absolute atomic E-state index is 12.9. The lowest BCUT2D eigenvalue weighted by molar-refractivity contribution is 0.0950. The normalized spacial score (nSPS) is 15.6. The van der Waals surface area contributed by atoms with Crippen LogP contribution >= 0.6 is 0 Å². The Balaban J connectivity index is 1.71. The van der Waals surface area contributed by atoms with Crippen molar-refractivity contribution >= 4 is 15.9 Å². The molecule has 0 radical (unpaired) electrons. The van der Waals surface area contributed by atoms with Gasteiger partial charge in [-0.2, -0.15) is 4.31 Å². The van der Waals surface area contributed by atoms with Crippen molar-refractivity contribution in [2.45, 2.75) is 30.7 Å². The molecule has 0 unspecified atom stereocenters. The van der Waals surface area contributed by atoms with Crippen LogP contribution in [0.3, 0.4) is 0 Å². The lowest BCUT2D eigenvalue weighted by Gasteiger charge is -2.26. The zero-order chi connectivity index (χ0) is 18.6. The molecule has 3 rings (SSSR count). The molecule has 0 aromatic heterocycles. The molecule has 0 saturated carbocycles. The van der Waals surface area contributed by atoms with Gasteiger partial charge in [-0.3, -0.25) is 4.79 Å². The van der Waals surface area contributed by atoms with E-state index in [9.17, 15) is 17.6 Å². The molecule has 7 heteroatoms. The number of nitrogens with one attached hydrogen (secondary N) is 1. The molecular formula is C19H21FN2O3S. The second-order valence-electron chi connectivity index (χ2n) is 6.30. The smallest absolute Gasteiger partial charge is 0.251 e. The predicted molar refractivity (Wildman–Crippen MR) is 96.6 cm³/mol. The van der Waals surface area contributed by atoms with Gasteiger partial charge in [-0.1, -0.05) is 24.6 Å². The summed E-state index contributed by atoms with van der Waals surface area (Å²) in [5.41, 5.74) is 1.04. The molecule has 138 valence electrons. The van der Waals surface area contributed by atoms with Crippen LogP contribution in [-0.4, -0.2) is 31.7 Å². The zero-order valence-electron chi connectivity index (χ0n) is 14.3. The molecule has 1 heterocycles. The number of carbonyl (C=O) groups excluding carboxylic acids is 1. The van der Waals surface area contributed by atoms with E-state index in [0.29, 0.717) is 13.1 Å². The summed E-state index contributed by atoms with van der Waals surface area (Å²) >= 11 is 0. The van der Waals surface area contributed by atoms with Crippen LogP contribution < -0.4 is 5.32 Å². The minimum atomic E-state index is -3.58. The van der Waals surface area contributed by atoms with E-state index in [4.69, 9.17) is 0 Å². The van der Waals surface area contributed by atoms with Gasteiger partial charge in [0.15, 0.2) is 0 Å². The number of amides is 1. The summed E-state index contributed by atoms with van der Waals surface area (Å²) in [5, 5.41) is 2.72. The number of halogens is 1. The first-order valence-electron chi connectivity index (χ1n) is 8.60. The van der Waals surface area contributed by atoms with E-state index in [2.05, 4.69) is 5.32 Å². The van der Waals surface area contributed by atoms with E-state index in [1.807, 2.05) is 0 Å². The SMILES string of the molecule is O=C(NCc1ccc(F)cc1)c1cccc(S(=O)(=O)N2CCCCC2)c1. The Hall–Kier alpha value is -2.25. The molecule has 5 nitrogen and oxygen atoms in total. The Morgan fingerprint density at radius 2 is 1.73 bits per heavy atom. The highest BCUT2D eigenvalue weighted by Gasteiger charge is 2.26. The average molecular weight is 376 g/mol. The van der Waals surface area contributed by atoms with Crippen molar-refractivity contribution in [2.75, 3.05) is 13.1 Å². The van der Waals surface area contributed by atoms with Crippen LogP contribution in [0.5, 0.6) is 0 Å². The van der Waals surface area contributed by atoms with Crippen molar-refractivity contribution in [3.05, 3.63) is 65.5 Å². The maximum atomic E-state index is 12.9. The molecule has 1 aliphatic rings. The van der Waals surface area contributed by atoms with Crippen LogP contribution in [0, 0.1) is 5.82 Å². The van der Waals surface area contributed by atoms with E-state index in [0.717, 1.165) is 24.8 Å². The Labute approximate surface area is 152 Å². The second-order valence-corrected chi connectivity index (χ2v) is 8.24. The average Bonchev–Trinajstić information content (AvgIpc) is 2.68. The zero-order valence-corrected chi connectivity index (χ0v) is 15.1. The molecule has 1 N–H and O–H groups in total. The van der Waals surface area contributed by atoms with E-state index < -0.39 is 10.0 Å². The highest BCUT2D eigenvalue weighted by atomic mass is 32.2. The van der Waals surface area contributed by atoms with E-state index in [-0.39, 0.29) is 28.7 Å². The van der Waals surface area contributed by atoms with Gasteiger partial charge in [0, 0.05) is 25.2 Å². The fourth-order valence-electron chi connectivity index (χ4n) is 2.94. The summed E-state index contributed by atoms with van der Waals surface area (Å²) < 4.78 is 39.9. The highest BCUT2D eigenvalue weighted by Crippen LogP contribution is 2.21. The number of sulfonamides is 1. The van der Waals surface area contributed by atoms with Crippen LogP contribution in [0.2, 0.25) is 0 Å². The van der Waals surface area contributed by atoms with Crippen molar-refractivity contribution in [1.82, 2.24) is 9.62 Å². The molecule has 26 heavy (non-hydrogen) atoms. The molecule has 1 amide bonds. The van der Waals surface area contributed by atoms with Gasteiger partial charge in [0.1, 0.15) is 5.82 Å². The quantitative estimate of drug-likeness (QED) is 0.873. The second kappa shape index (κ2) is 7.97. The summed E-state index contributed by atoms with van der Waals surface area (Å²) in [6, 6.07) is 11.9. The van der Waals surface area contributed by atoms with Crippen LogP contribution in [0.15, 0.2) is 53.4 Å². The molecule has 1 aliphatic heterocycles. The number of rotatable bonds is 5. The molecular weight excluding hydrogens is 355 g/mol. The Morgan fingerprint density at radius 3 is 2.42 bits per heavy atom. The van der Waals surface area contributed by atoms with Crippen LogP contribution in [-0.2, 0) is 16.6 Å². The van der Waals surface area contributed by atoms with Gasteiger partial charge in [-0.25, -0.2) is 12.8 Å². The first kappa shape index (κ1) is 18.5.